The van der Waals surface area contributed by atoms with Gasteiger partial charge in [0, 0.05) is 11.6 Å². The summed E-state index contributed by atoms with van der Waals surface area (Å²) in [7, 11) is 1.59. The van der Waals surface area contributed by atoms with Crippen LogP contribution in [0.5, 0.6) is 5.75 Å². The third-order valence-corrected chi connectivity index (χ3v) is 3.25. The summed E-state index contributed by atoms with van der Waals surface area (Å²) in [5.41, 5.74) is 0.666. The Hall–Kier alpha value is -1.09. The average molecular weight is 267 g/mol. The van der Waals surface area contributed by atoms with Crippen molar-refractivity contribution in [2.24, 2.45) is 5.92 Å². The van der Waals surface area contributed by atoms with Gasteiger partial charge in [-0.15, -0.1) is 0 Å². The van der Waals surface area contributed by atoms with E-state index in [1.807, 2.05) is 6.07 Å². The smallest absolute Gasteiger partial charge is 0.131 e. The summed E-state index contributed by atoms with van der Waals surface area (Å²) in [5.74, 6) is 1.07. The fourth-order valence-electron chi connectivity index (χ4n) is 2.20. The summed E-state index contributed by atoms with van der Waals surface area (Å²) in [5, 5.41) is 3.44. The largest absolute Gasteiger partial charge is 0.496 e. The molecule has 0 fully saturated rings. The Kier molecular flexibility index (Phi) is 6.85. The van der Waals surface area contributed by atoms with Crippen molar-refractivity contribution in [1.29, 1.82) is 0 Å². The number of methoxy groups -OCH3 is 1. The van der Waals surface area contributed by atoms with Crippen molar-refractivity contribution in [3.8, 4) is 5.75 Å². The molecule has 0 aliphatic carbocycles. The van der Waals surface area contributed by atoms with Gasteiger partial charge >= 0.3 is 0 Å². The van der Waals surface area contributed by atoms with Gasteiger partial charge in [0.25, 0.3) is 0 Å². The van der Waals surface area contributed by atoms with E-state index in [0.29, 0.717) is 17.2 Å². The fraction of sp³-hybridized carbons (Fsp3) is 0.625. The van der Waals surface area contributed by atoms with Crippen molar-refractivity contribution in [3.63, 3.8) is 0 Å². The molecule has 0 bridgehead atoms. The molecule has 1 N–H and O–H groups in total. The topological polar surface area (TPSA) is 21.3 Å². The highest BCUT2D eigenvalue weighted by molar-refractivity contribution is 5.37. The number of hydrogen-bond acceptors (Lipinski definition) is 2. The zero-order valence-corrected chi connectivity index (χ0v) is 12.5. The predicted octanol–water partition coefficient (Wildman–Crippen LogP) is 4.31. The van der Waals surface area contributed by atoms with E-state index < -0.39 is 0 Å². The quantitative estimate of drug-likeness (QED) is 0.757. The molecule has 1 rings (SSSR count). The molecule has 0 aliphatic rings. The monoisotopic (exact) mass is 267 g/mol. The van der Waals surface area contributed by atoms with E-state index in [1.54, 1.807) is 13.2 Å². The summed E-state index contributed by atoms with van der Waals surface area (Å²) < 4.78 is 19.4. The SMILES string of the molecule is CCCNC(CCC(C)C)c1c(F)cccc1OC. The first-order chi connectivity index (χ1) is 9.10. The molecule has 0 amide bonds. The molecule has 0 heterocycles. The Balaban J connectivity index is 2.94. The first-order valence-corrected chi connectivity index (χ1v) is 7.15. The highest BCUT2D eigenvalue weighted by Crippen LogP contribution is 2.31. The minimum atomic E-state index is -0.184. The van der Waals surface area contributed by atoms with E-state index in [2.05, 4.69) is 26.1 Å². The summed E-state index contributed by atoms with van der Waals surface area (Å²) >= 11 is 0. The molecule has 1 atom stereocenters. The third-order valence-electron chi connectivity index (χ3n) is 3.25. The lowest BCUT2D eigenvalue weighted by Crippen LogP contribution is -2.24. The summed E-state index contributed by atoms with van der Waals surface area (Å²) in [4.78, 5) is 0. The zero-order valence-electron chi connectivity index (χ0n) is 12.5. The Bertz CT molecular complexity index is 379. The fourth-order valence-corrected chi connectivity index (χ4v) is 2.20. The van der Waals surface area contributed by atoms with Crippen molar-refractivity contribution in [3.05, 3.63) is 29.6 Å². The van der Waals surface area contributed by atoms with Crippen LogP contribution in [0.3, 0.4) is 0 Å². The molecule has 0 saturated carbocycles. The van der Waals surface area contributed by atoms with Gasteiger partial charge in [-0.3, -0.25) is 0 Å². The summed E-state index contributed by atoms with van der Waals surface area (Å²) in [6.45, 7) is 7.39. The lowest BCUT2D eigenvalue weighted by molar-refractivity contribution is 0.375. The first-order valence-electron chi connectivity index (χ1n) is 7.15. The van der Waals surface area contributed by atoms with E-state index in [4.69, 9.17) is 4.74 Å². The van der Waals surface area contributed by atoms with Crippen LogP contribution in [0.15, 0.2) is 18.2 Å². The van der Waals surface area contributed by atoms with Gasteiger partial charge in [-0.05, 0) is 43.9 Å². The number of halogens is 1. The van der Waals surface area contributed by atoms with Crippen LogP contribution in [0, 0.1) is 11.7 Å². The molecular weight excluding hydrogens is 241 g/mol. The molecule has 0 aliphatic heterocycles. The Morgan fingerprint density at radius 1 is 1.26 bits per heavy atom. The van der Waals surface area contributed by atoms with E-state index in [-0.39, 0.29) is 11.9 Å². The maximum atomic E-state index is 14.1. The standard InChI is InChI=1S/C16H26FNO/c1-5-11-18-14(10-9-12(2)3)16-13(17)7-6-8-15(16)19-4/h6-8,12,14,18H,5,9-11H2,1-4H3. The molecule has 0 aromatic heterocycles. The minimum Gasteiger partial charge on any atom is -0.496 e. The van der Waals surface area contributed by atoms with Gasteiger partial charge in [0.2, 0.25) is 0 Å². The zero-order chi connectivity index (χ0) is 14.3. The minimum absolute atomic E-state index is 0.0264. The molecule has 1 unspecified atom stereocenters. The number of rotatable bonds is 8. The van der Waals surface area contributed by atoms with Crippen molar-refractivity contribution in [2.45, 2.75) is 46.1 Å². The van der Waals surface area contributed by atoms with Gasteiger partial charge in [-0.25, -0.2) is 4.39 Å². The van der Waals surface area contributed by atoms with Crippen molar-refractivity contribution in [1.82, 2.24) is 5.32 Å². The van der Waals surface area contributed by atoms with E-state index in [0.717, 1.165) is 25.8 Å². The molecule has 0 radical (unpaired) electrons. The van der Waals surface area contributed by atoms with Gasteiger partial charge in [0.15, 0.2) is 0 Å². The van der Waals surface area contributed by atoms with Crippen LogP contribution in [0.4, 0.5) is 4.39 Å². The van der Waals surface area contributed by atoms with Gasteiger partial charge < -0.3 is 10.1 Å². The Morgan fingerprint density at radius 2 is 2.00 bits per heavy atom. The Morgan fingerprint density at radius 3 is 2.58 bits per heavy atom. The number of nitrogens with one attached hydrogen (secondary N) is 1. The normalized spacial score (nSPS) is 12.7. The second-order valence-corrected chi connectivity index (χ2v) is 5.33. The number of benzene rings is 1. The lowest BCUT2D eigenvalue weighted by Gasteiger charge is -2.22. The van der Waals surface area contributed by atoms with Crippen LogP contribution in [-0.2, 0) is 0 Å². The van der Waals surface area contributed by atoms with Gasteiger partial charge in [0.05, 0.1) is 7.11 Å². The number of hydrogen-bond donors (Lipinski definition) is 1. The van der Waals surface area contributed by atoms with Crippen LogP contribution < -0.4 is 10.1 Å². The summed E-state index contributed by atoms with van der Waals surface area (Å²) in [6.07, 6.45) is 3.03. The van der Waals surface area contributed by atoms with Gasteiger partial charge in [0.1, 0.15) is 11.6 Å². The predicted molar refractivity (Wildman–Crippen MR) is 78.1 cm³/mol. The molecule has 1 aromatic carbocycles. The van der Waals surface area contributed by atoms with Gasteiger partial charge in [-0.1, -0.05) is 26.8 Å². The maximum absolute atomic E-state index is 14.1. The van der Waals surface area contributed by atoms with Crippen LogP contribution in [-0.4, -0.2) is 13.7 Å². The third kappa shape index (κ3) is 4.83. The molecule has 19 heavy (non-hydrogen) atoms. The van der Waals surface area contributed by atoms with Crippen molar-refractivity contribution in [2.75, 3.05) is 13.7 Å². The molecule has 2 nitrogen and oxygen atoms in total. The molecule has 0 spiro atoms. The maximum Gasteiger partial charge on any atom is 0.131 e. The van der Waals surface area contributed by atoms with Crippen molar-refractivity contribution < 1.29 is 9.13 Å². The van der Waals surface area contributed by atoms with Gasteiger partial charge in [-0.2, -0.15) is 0 Å². The summed E-state index contributed by atoms with van der Waals surface area (Å²) in [6, 6.07) is 5.05. The van der Waals surface area contributed by atoms with Crippen LogP contribution in [0.1, 0.15) is 51.6 Å². The molecular formula is C16H26FNO. The number of ether oxygens (including phenoxy) is 1. The van der Waals surface area contributed by atoms with E-state index in [9.17, 15) is 4.39 Å². The van der Waals surface area contributed by atoms with Crippen LogP contribution in [0.2, 0.25) is 0 Å². The molecule has 1 aromatic rings. The molecule has 0 saturated heterocycles. The Labute approximate surface area is 116 Å². The average Bonchev–Trinajstić information content (AvgIpc) is 2.39. The van der Waals surface area contributed by atoms with Crippen LogP contribution in [0.25, 0.3) is 0 Å². The lowest BCUT2D eigenvalue weighted by atomic mass is 9.96. The first kappa shape index (κ1) is 16.0. The highest BCUT2D eigenvalue weighted by atomic mass is 19.1. The van der Waals surface area contributed by atoms with E-state index in [1.165, 1.54) is 6.07 Å². The molecule has 3 heteroatoms. The van der Waals surface area contributed by atoms with Crippen molar-refractivity contribution >= 4 is 0 Å². The highest BCUT2D eigenvalue weighted by Gasteiger charge is 2.19. The van der Waals surface area contributed by atoms with E-state index >= 15 is 0 Å². The molecule has 108 valence electrons. The second kappa shape index (κ2) is 8.16. The van der Waals surface area contributed by atoms with Crippen LogP contribution >= 0.6 is 0 Å². The second-order valence-electron chi connectivity index (χ2n) is 5.33.